The molecule has 0 aliphatic carbocycles. The molecule has 0 saturated carbocycles. The van der Waals surface area contributed by atoms with Crippen LogP contribution in [0.4, 0.5) is 0 Å². The van der Waals surface area contributed by atoms with Crippen LogP contribution in [0.15, 0.2) is 0 Å². The average molecular weight is 302 g/mol. The van der Waals surface area contributed by atoms with Crippen LogP contribution in [0.3, 0.4) is 0 Å². The van der Waals surface area contributed by atoms with Gasteiger partial charge >= 0.3 is 0 Å². The molecule has 0 aromatic heterocycles. The minimum absolute atomic E-state index is 0.208. The fourth-order valence-electron chi connectivity index (χ4n) is 3.30. The lowest BCUT2D eigenvalue weighted by atomic mass is 9.80. The Morgan fingerprint density at radius 3 is 2.35 bits per heavy atom. The zero-order chi connectivity index (χ0) is 14.8. The van der Waals surface area contributed by atoms with Gasteiger partial charge in [0.15, 0.2) is 0 Å². The Bertz CT molecular complexity index is 408. The molecule has 0 aromatic rings. The van der Waals surface area contributed by atoms with Crippen molar-refractivity contribution in [2.24, 2.45) is 17.3 Å². The van der Waals surface area contributed by atoms with Crippen LogP contribution in [0.1, 0.15) is 46.5 Å². The minimum atomic E-state index is -3.04. The molecule has 1 atom stereocenters. The summed E-state index contributed by atoms with van der Waals surface area (Å²) in [6.45, 7) is 10.2. The number of sulfonamides is 1. The van der Waals surface area contributed by atoms with Gasteiger partial charge in [-0.1, -0.05) is 20.8 Å². The Balaban J connectivity index is 1.84. The van der Waals surface area contributed by atoms with Gasteiger partial charge in [-0.15, -0.1) is 0 Å². The summed E-state index contributed by atoms with van der Waals surface area (Å²) < 4.78 is 26.7. The first-order valence-corrected chi connectivity index (χ1v) is 9.58. The molecule has 5 heteroatoms. The first kappa shape index (κ1) is 16.2. The van der Waals surface area contributed by atoms with Crippen molar-refractivity contribution in [2.45, 2.75) is 46.5 Å². The number of nitrogens with zero attached hydrogens (tertiary/aromatic N) is 1. The quantitative estimate of drug-likeness (QED) is 0.865. The summed E-state index contributed by atoms with van der Waals surface area (Å²) in [5.41, 5.74) is 0.208. The van der Waals surface area contributed by atoms with Crippen molar-refractivity contribution in [2.75, 3.05) is 31.9 Å². The molecule has 2 saturated heterocycles. The summed E-state index contributed by atoms with van der Waals surface area (Å²) in [6, 6.07) is 0. The topological polar surface area (TPSA) is 49.4 Å². The van der Waals surface area contributed by atoms with E-state index in [-0.39, 0.29) is 5.41 Å². The Morgan fingerprint density at radius 1 is 1.15 bits per heavy atom. The third-order valence-corrected chi connectivity index (χ3v) is 6.88. The maximum Gasteiger partial charge on any atom is 0.214 e. The summed E-state index contributed by atoms with van der Waals surface area (Å²) in [5, 5.41) is 3.33. The molecule has 0 amide bonds. The average Bonchev–Trinajstić information content (AvgIpc) is 2.88. The van der Waals surface area contributed by atoms with Crippen LogP contribution in [-0.4, -0.2) is 44.7 Å². The van der Waals surface area contributed by atoms with E-state index in [0.29, 0.717) is 17.6 Å². The van der Waals surface area contributed by atoms with Gasteiger partial charge in [-0.3, -0.25) is 0 Å². The number of hydrogen-bond acceptors (Lipinski definition) is 3. The molecule has 1 N–H and O–H groups in total. The van der Waals surface area contributed by atoms with Gasteiger partial charge in [0, 0.05) is 13.1 Å². The third-order valence-electron chi connectivity index (χ3n) is 5.01. The van der Waals surface area contributed by atoms with Gasteiger partial charge in [0.2, 0.25) is 10.0 Å². The molecule has 0 radical (unpaired) electrons. The molecule has 2 heterocycles. The van der Waals surface area contributed by atoms with E-state index in [2.05, 4.69) is 26.1 Å². The highest BCUT2D eigenvalue weighted by atomic mass is 32.2. The number of rotatable bonds is 4. The van der Waals surface area contributed by atoms with E-state index in [0.717, 1.165) is 51.9 Å². The van der Waals surface area contributed by atoms with Gasteiger partial charge < -0.3 is 5.32 Å². The molecule has 2 rings (SSSR count). The fraction of sp³-hybridized carbons (Fsp3) is 1.00. The lowest BCUT2D eigenvalue weighted by Crippen LogP contribution is -2.34. The van der Waals surface area contributed by atoms with Crippen LogP contribution in [-0.2, 0) is 10.0 Å². The molecule has 0 spiro atoms. The number of piperidine rings is 1. The molecule has 118 valence electrons. The normalized spacial score (nSPS) is 27.1. The highest BCUT2D eigenvalue weighted by Gasteiger charge is 2.36. The van der Waals surface area contributed by atoms with Crippen LogP contribution < -0.4 is 5.32 Å². The predicted octanol–water partition coefficient (Wildman–Crippen LogP) is 2.07. The first-order valence-electron chi connectivity index (χ1n) is 7.97. The molecule has 0 bridgehead atoms. The van der Waals surface area contributed by atoms with Crippen LogP contribution in [0, 0.1) is 17.3 Å². The fourth-order valence-corrected chi connectivity index (χ4v) is 4.98. The summed E-state index contributed by atoms with van der Waals surface area (Å²) in [6.07, 6.45) is 4.09. The Morgan fingerprint density at radius 2 is 1.80 bits per heavy atom. The van der Waals surface area contributed by atoms with Crippen molar-refractivity contribution in [3.8, 4) is 0 Å². The molecule has 2 aliphatic heterocycles. The monoisotopic (exact) mass is 302 g/mol. The second-order valence-electron chi connectivity index (χ2n) is 7.51. The second-order valence-corrected chi connectivity index (χ2v) is 9.60. The van der Waals surface area contributed by atoms with Gasteiger partial charge in [0.05, 0.1) is 5.75 Å². The van der Waals surface area contributed by atoms with Gasteiger partial charge in [0.1, 0.15) is 0 Å². The molecule has 4 nitrogen and oxygen atoms in total. The Kier molecular flexibility index (Phi) is 5.14. The largest absolute Gasteiger partial charge is 0.317 e. The van der Waals surface area contributed by atoms with Crippen LogP contribution in [0.25, 0.3) is 0 Å². The molecule has 0 aromatic carbocycles. The summed E-state index contributed by atoms with van der Waals surface area (Å²) in [5.74, 6) is 1.43. The Hall–Kier alpha value is -0.130. The van der Waals surface area contributed by atoms with Crippen molar-refractivity contribution in [3.05, 3.63) is 0 Å². The SMILES string of the molecule is CC(C)(C)C1CCN(S(=O)(=O)CCC2CCNCC2)C1. The summed E-state index contributed by atoms with van der Waals surface area (Å²) >= 11 is 0. The van der Waals surface area contributed by atoms with Crippen molar-refractivity contribution in [1.29, 1.82) is 0 Å². The zero-order valence-electron chi connectivity index (χ0n) is 13.2. The lowest BCUT2D eigenvalue weighted by molar-refractivity contribution is 0.251. The molecule has 2 fully saturated rings. The number of hydrogen-bond donors (Lipinski definition) is 1. The minimum Gasteiger partial charge on any atom is -0.317 e. The van der Waals surface area contributed by atoms with Gasteiger partial charge in [-0.25, -0.2) is 12.7 Å². The van der Waals surface area contributed by atoms with E-state index < -0.39 is 10.0 Å². The molecule has 20 heavy (non-hydrogen) atoms. The van der Waals surface area contributed by atoms with E-state index in [1.807, 2.05) is 0 Å². The Labute approximate surface area is 124 Å². The molecule has 1 unspecified atom stereocenters. The molecule has 2 aliphatic rings. The molecular weight excluding hydrogens is 272 g/mol. The summed E-state index contributed by atoms with van der Waals surface area (Å²) in [7, 11) is -3.04. The zero-order valence-corrected chi connectivity index (χ0v) is 14.0. The summed E-state index contributed by atoms with van der Waals surface area (Å²) in [4.78, 5) is 0. The highest BCUT2D eigenvalue weighted by molar-refractivity contribution is 7.89. The van der Waals surface area contributed by atoms with Gasteiger partial charge in [-0.05, 0) is 56.0 Å². The van der Waals surface area contributed by atoms with Gasteiger partial charge in [0.25, 0.3) is 0 Å². The first-order chi connectivity index (χ1) is 9.29. The van der Waals surface area contributed by atoms with E-state index in [1.165, 1.54) is 0 Å². The third kappa shape index (κ3) is 4.18. The van der Waals surface area contributed by atoms with Crippen LogP contribution in [0.5, 0.6) is 0 Å². The van der Waals surface area contributed by atoms with Crippen LogP contribution >= 0.6 is 0 Å². The van der Waals surface area contributed by atoms with E-state index >= 15 is 0 Å². The lowest BCUT2D eigenvalue weighted by Gasteiger charge is -2.27. The number of nitrogens with one attached hydrogen (secondary N) is 1. The second kappa shape index (κ2) is 6.32. The molecular formula is C15H30N2O2S. The maximum atomic E-state index is 12.5. The van der Waals surface area contributed by atoms with Crippen molar-refractivity contribution < 1.29 is 8.42 Å². The van der Waals surface area contributed by atoms with Crippen LogP contribution in [0.2, 0.25) is 0 Å². The van der Waals surface area contributed by atoms with Crippen molar-refractivity contribution >= 4 is 10.0 Å². The van der Waals surface area contributed by atoms with Crippen molar-refractivity contribution in [1.82, 2.24) is 9.62 Å². The smallest absolute Gasteiger partial charge is 0.214 e. The highest BCUT2D eigenvalue weighted by Crippen LogP contribution is 2.34. The maximum absolute atomic E-state index is 12.5. The van der Waals surface area contributed by atoms with Crippen molar-refractivity contribution in [3.63, 3.8) is 0 Å². The predicted molar refractivity (Wildman–Crippen MR) is 83.1 cm³/mol. The standard InChI is InChI=1S/C15H30N2O2S/c1-15(2,3)14-6-10-17(12-14)20(18,19)11-7-13-4-8-16-9-5-13/h13-14,16H,4-12H2,1-3H3. The van der Waals surface area contributed by atoms with Gasteiger partial charge in [-0.2, -0.15) is 0 Å². The van der Waals surface area contributed by atoms with E-state index in [4.69, 9.17) is 0 Å². The van der Waals surface area contributed by atoms with E-state index in [1.54, 1.807) is 4.31 Å². The van der Waals surface area contributed by atoms with E-state index in [9.17, 15) is 8.42 Å².